The summed E-state index contributed by atoms with van der Waals surface area (Å²) in [5.41, 5.74) is 3.26. The second-order valence-electron chi connectivity index (χ2n) is 8.83. The van der Waals surface area contributed by atoms with Gasteiger partial charge in [0.2, 0.25) is 5.91 Å². The van der Waals surface area contributed by atoms with E-state index >= 15 is 0 Å². The standard InChI is InChI=1S/C30H24F3N3O2/c31-30(32,33)24-10-4-5-11-27(24)38-23-16-13-21(14-17-23)29-35-25-18-15-22(19-26(25)36-29)34-28(37)12-6-9-20-7-2-1-3-8-20/h1-5,7-8,10-11,13-19H,6,9,12H2,(H,34,37)(H,35,36). The number of imidazole rings is 1. The van der Waals surface area contributed by atoms with Crippen LogP contribution in [0, 0.1) is 0 Å². The third-order valence-electron chi connectivity index (χ3n) is 6.03. The molecule has 0 radical (unpaired) electrons. The van der Waals surface area contributed by atoms with Gasteiger partial charge in [-0.05, 0) is 73.0 Å². The van der Waals surface area contributed by atoms with Gasteiger partial charge in [-0.3, -0.25) is 4.79 Å². The smallest absolute Gasteiger partial charge is 0.419 e. The normalized spacial score (nSPS) is 11.4. The van der Waals surface area contributed by atoms with Crippen molar-refractivity contribution >= 4 is 22.6 Å². The zero-order chi connectivity index (χ0) is 26.5. The second kappa shape index (κ2) is 10.8. The SMILES string of the molecule is O=C(CCCc1ccccc1)Nc1ccc2nc(-c3ccc(Oc4ccccc4C(F)(F)F)cc3)[nH]c2c1. The molecule has 5 nitrogen and oxygen atoms in total. The number of rotatable bonds is 8. The molecule has 0 saturated carbocycles. The summed E-state index contributed by atoms with van der Waals surface area (Å²) < 4.78 is 45.2. The fraction of sp³-hybridized carbons (Fsp3) is 0.133. The van der Waals surface area contributed by atoms with E-state index in [1.54, 1.807) is 30.3 Å². The second-order valence-corrected chi connectivity index (χ2v) is 8.83. The lowest BCUT2D eigenvalue weighted by Crippen LogP contribution is -2.11. The number of hydrogen-bond acceptors (Lipinski definition) is 3. The highest BCUT2D eigenvalue weighted by Crippen LogP contribution is 2.38. The van der Waals surface area contributed by atoms with Crippen LogP contribution in [-0.4, -0.2) is 15.9 Å². The molecule has 38 heavy (non-hydrogen) atoms. The van der Waals surface area contributed by atoms with Crippen LogP contribution in [0.2, 0.25) is 0 Å². The highest BCUT2D eigenvalue weighted by Gasteiger charge is 2.34. The van der Waals surface area contributed by atoms with Gasteiger partial charge in [0.15, 0.2) is 0 Å². The highest BCUT2D eigenvalue weighted by molar-refractivity contribution is 5.93. The summed E-state index contributed by atoms with van der Waals surface area (Å²) >= 11 is 0. The molecule has 0 saturated heterocycles. The highest BCUT2D eigenvalue weighted by atomic mass is 19.4. The van der Waals surface area contributed by atoms with E-state index in [-0.39, 0.29) is 17.4 Å². The maximum Gasteiger partial charge on any atom is 0.419 e. The number of ether oxygens (including phenoxy) is 1. The molecular formula is C30H24F3N3O2. The molecule has 5 aromatic rings. The van der Waals surface area contributed by atoms with E-state index in [1.165, 1.54) is 23.8 Å². The van der Waals surface area contributed by atoms with Crippen molar-refractivity contribution < 1.29 is 22.7 Å². The number of halogens is 3. The summed E-state index contributed by atoms with van der Waals surface area (Å²) in [4.78, 5) is 20.2. The number of fused-ring (bicyclic) bond motifs is 1. The number of anilines is 1. The van der Waals surface area contributed by atoms with Gasteiger partial charge < -0.3 is 15.0 Å². The lowest BCUT2D eigenvalue weighted by molar-refractivity contribution is -0.138. The van der Waals surface area contributed by atoms with Crippen LogP contribution in [0.25, 0.3) is 22.4 Å². The Morgan fingerprint density at radius 3 is 2.39 bits per heavy atom. The number of aryl methyl sites for hydroxylation is 1. The summed E-state index contributed by atoms with van der Waals surface area (Å²) in [5.74, 6) is 0.557. The molecule has 0 aliphatic heterocycles. The Morgan fingerprint density at radius 1 is 0.895 bits per heavy atom. The number of H-pyrrole nitrogens is 1. The number of carbonyl (C=O) groups is 1. The molecule has 0 atom stereocenters. The van der Waals surface area contributed by atoms with Gasteiger partial charge >= 0.3 is 6.18 Å². The minimum absolute atomic E-state index is 0.0531. The molecule has 0 aliphatic rings. The largest absolute Gasteiger partial charge is 0.457 e. The molecule has 0 aliphatic carbocycles. The Kier molecular flexibility index (Phi) is 7.13. The van der Waals surface area contributed by atoms with Gasteiger partial charge in [-0.15, -0.1) is 0 Å². The molecule has 0 spiro atoms. The number of para-hydroxylation sites is 1. The van der Waals surface area contributed by atoms with Crippen LogP contribution in [0.15, 0.2) is 97.1 Å². The molecule has 0 bridgehead atoms. The van der Waals surface area contributed by atoms with Crippen LogP contribution in [0.3, 0.4) is 0 Å². The number of nitrogens with one attached hydrogen (secondary N) is 2. The average Bonchev–Trinajstić information content (AvgIpc) is 3.33. The van der Waals surface area contributed by atoms with Crippen molar-refractivity contribution in [1.29, 1.82) is 0 Å². The maximum atomic E-state index is 13.2. The van der Waals surface area contributed by atoms with Crippen molar-refractivity contribution in [3.05, 3.63) is 108 Å². The number of aromatic nitrogens is 2. The molecule has 4 aromatic carbocycles. The Bertz CT molecular complexity index is 1550. The molecule has 8 heteroatoms. The average molecular weight is 516 g/mol. The third-order valence-corrected chi connectivity index (χ3v) is 6.03. The van der Waals surface area contributed by atoms with E-state index in [0.29, 0.717) is 17.9 Å². The van der Waals surface area contributed by atoms with Crippen molar-refractivity contribution in [3.8, 4) is 22.9 Å². The van der Waals surface area contributed by atoms with Gasteiger partial charge in [0.05, 0.1) is 16.6 Å². The number of carbonyl (C=O) groups excluding carboxylic acids is 1. The summed E-state index contributed by atoms with van der Waals surface area (Å²) in [6, 6.07) is 27.2. The molecular weight excluding hydrogens is 491 g/mol. The molecule has 192 valence electrons. The first-order valence-electron chi connectivity index (χ1n) is 12.1. The molecule has 1 heterocycles. The predicted octanol–water partition coefficient (Wildman–Crippen LogP) is 8.00. The Labute approximate surface area is 217 Å². The number of alkyl halides is 3. The monoisotopic (exact) mass is 515 g/mol. The zero-order valence-corrected chi connectivity index (χ0v) is 20.3. The third kappa shape index (κ3) is 6.03. The van der Waals surface area contributed by atoms with Crippen LogP contribution < -0.4 is 10.1 Å². The summed E-state index contributed by atoms with van der Waals surface area (Å²) in [6.07, 6.45) is -2.49. The summed E-state index contributed by atoms with van der Waals surface area (Å²) in [6.45, 7) is 0. The number of amides is 1. The minimum atomic E-state index is -4.51. The zero-order valence-electron chi connectivity index (χ0n) is 20.3. The first-order valence-corrected chi connectivity index (χ1v) is 12.1. The van der Waals surface area contributed by atoms with Gasteiger partial charge in [0.25, 0.3) is 0 Å². The topological polar surface area (TPSA) is 67.0 Å². The van der Waals surface area contributed by atoms with Crippen molar-refractivity contribution in [2.24, 2.45) is 0 Å². The van der Waals surface area contributed by atoms with Crippen molar-refractivity contribution in [2.45, 2.75) is 25.4 Å². The van der Waals surface area contributed by atoms with E-state index in [9.17, 15) is 18.0 Å². The van der Waals surface area contributed by atoms with E-state index in [2.05, 4.69) is 27.4 Å². The van der Waals surface area contributed by atoms with E-state index < -0.39 is 11.7 Å². The Morgan fingerprint density at radius 2 is 1.63 bits per heavy atom. The molecule has 1 amide bonds. The van der Waals surface area contributed by atoms with Crippen LogP contribution >= 0.6 is 0 Å². The fourth-order valence-corrected chi connectivity index (χ4v) is 4.14. The van der Waals surface area contributed by atoms with Crippen LogP contribution in [0.5, 0.6) is 11.5 Å². The molecule has 5 rings (SSSR count). The van der Waals surface area contributed by atoms with Gasteiger partial charge in [-0.2, -0.15) is 13.2 Å². The Hall–Kier alpha value is -4.59. The summed E-state index contributed by atoms with van der Waals surface area (Å²) in [7, 11) is 0. The first-order chi connectivity index (χ1) is 18.3. The molecule has 2 N–H and O–H groups in total. The summed E-state index contributed by atoms with van der Waals surface area (Å²) in [5, 5.41) is 2.93. The van der Waals surface area contributed by atoms with Crippen molar-refractivity contribution in [3.63, 3.8) is 0 Å². The number of nitrogens with zero attached hydrogens (tertiary/aromatic N) is 1. The van der Waals surface area contributed by atoms with Gasteiger partial charge in [-0.1, -0.05) is 42.5 Å². The quantitative estimate of drug-likeness (QED) is 0.220. The van der Waals surface area contributed by atoms with Gasteiger partial charge in [-0.25, -0.2) is 4.98 Å². The van der Waals surface area contributed by atoms with E-state index in [1.807, 2.05) is 30.3 Å². The lowest BCUT2D eigenvalue weighted by atomic mass is 10.1. The van der Waals surface area contributed by atoms with Crippen LogP contribution in [-0.2, 0) is 17.4 Å². The minimum Gasteiger partial charge on any atom is -0.457 e. The maximum absolute atomic E-state index is 13.2. The van der Waals surface area contributed by atoms with Crippen molar-refractivity contribution in [2.75, 3.05) is 5.32 Å². The van der Waals surface area contributed by atoms with Gasteiger partial charge in [0.1, 0.15) is 17.3 Å². The number of aromatic amines is 1. The van der Waals surface area contributed by atoms with Crippen molar-refractivity contribution in [1.82, 2.24) is 9.97 Å². The number of benzene rings is 4. The van der Waals surface area contributed by atoms with Gasteiger partial charge in [0, 0.05) is 17.7 Å². The molecule has 0 fully saturated rings. The molecule has 0 unspecified atom stereocenters. The fourth-order valence-electron chi connectivity index (χ4n) is 4.14. The first kappa shape index (κ1) is 25.1. The van der Waals surface area contributed by atoms with Crippen LogP contribution in [0.4, 0.5) is 18.9 Å². The molecule has 1 aromatic heterocycles. The van der Waals surface area contributed by atoms with Crippen LogP contribution in [0.1, 0.15) is 24.0 Å². The lowest BCUT2D eigenvalue weighted by Gasteiger charge is -2.13. The van der Waals surface area contributed by atoms with E-state index in [4.69, 9.17) is 4.74 Å². The Balaban J connectivity index is 1.23. The van der Waals surface area contributed by atoms with E-state index in [0.717, 1.165) is 35.5 Å². The predicted molar refractivity (Wildman–Crippen MR) is 141 cm³/mol. The number of hydrogen-bond donors (Lipinski definition) is 2.